The largest absolute Gasteiger partial charge is 0.480 e. The third-order valence-corrected chi connectivity index (χ3v) is 3.48. The maximum absolute atomic E-state index is 11.8. The molecular weight excluding hydrogens is 284 g/mol. The number of hydrogen-bond donors (Lipinski definition) is 3. The summed E-state index contributed by atoms with van der Waals surface area (Å²) in [7, 11) is 1.56. The number of methoxy groups -OCH3 is 1. The van der Waals surface area contributed by atoms with Crippen LogP contribution in [0.15, 0.2) is 30.5 Å². The number of rotatable bonds is 8. The average Bonchev–Trinajstić information content (AvgIpc) is 2.90. The van der Waals surface area contributed by atoms with Crippen LogP contribution in [0.1, 0.15) is 18.4 Å². The second-order valence-corrected chi connectivity index (χ2v) is 5.12. The van der Waals surface area contributed by atoms with E-state index in [1.807, 2.05) is 24.3 Å². The number of amides is 1. The first-order valence-electron chi connectivity index (χ1n) is 7.18. The molecule has 0 aliphatic heterocycles. The number of carboxylic acids is 1. The Labute approximate surface area is 128 Å². The minimum absolute atomic E-state index is 0.245. The highest BCUT2D eigenvalue weighted by molar-refractivity contribution is 5.86. The maximum atomic E-state index is 11.8. The molecule has 0 radical (unpaired) electrons. The Hall–Kier alpha value is -2.34. The van der Waals surface area contributed by atoms with E-state index in [0.717, 1.165) is 16.5 Å². The first-order valence-corrected chi connectivity index (χ1v) is 7.18. The van der Waals surface area contributed by atoms with Crippen LogP contribution in [0.5, 0.6) is 0 Å². The third-order valence-electron chi connectivity index (χ3n) is 3.48. The summed E-state index contributed by atoms with van der Waals surface area (Å²) in [5, 5.41) is 12.9. The molecule has 3 N–H and O–H groups in total. The van der Waals surface area contributed by atoms with Crippen molar-refractivity contribution in [3.63, 3.8) is 0 Å². The fourth-order valence-electron chi connectivity index (χ4n) is 2.36. The lowest BCUT2D eigenvalue weighted by Gasteiger charge is -2.14. The van der Waals surface area contributed by atoms with Crippen molar-refractivity contribution in [2.24, 2.45) is 0 Å². The number of carbonyl (C=O) groups excluding carboxylic acids is 1. The summed E-state index contributed by atoms with van der Waals surface area (Å²) >= 11 is 0. The van der Waals surface area contributed by atoms with Crippen LogP contribution in [0.25, 0.3) is 10.9 Å². The Bertz CT molecular complexity index is 650. The number of ether oxygens (including phenoxy) is 1. The predicted molar refractivity (Wildman–Crippen MR) is 82.7 cm³/mol. The quantitative estimate of drug-likeness (QED) is 0.647. The van der Waals surface area contributed by atoms with E-state index in [0.29, 0.717) is 13.0 Å². The van der Waals surface area contributed by atoms with Gasteiger partial charge in [0.1, 0.15) is 6.04 Å². The summed E-state index contributed by atoms with van der Waals surface area (Å²) in [5.74, 6) is -1.31. The standard InChI is InChI=1S/C16H20N2O4/c1-22-8-4-7-15(19)18-14(16(20)21)9-11-10-17-13-6-3-2-5-12(11)13/h2-3,5-6,10,14,17H,4,7-9H2,1H3,(H,18,19)(H,20,21). The SMILES string of the molecule is COCCCC(=O)NC(Cc1c[nH]c2ccccc12)C(=O)O. The number of aliphatic carboxylic acids is 1. The Morgan fingerprint density at radius 2 is 2.14 bits per heavy atom. The zero-order valence-corrected chi connectivity index (χ0v) is 12.5. The summed E-state index contributed by atoms with van der Waals surface area (Å²) < 4.78 is 4.88. The second-order valence-electron chi connectivity index (χ2n) is 5.12. The summed E-state index contributed by atoms with van der Waals surface area (Å²) in [6, 6.07) is 6.74. The number of aromatic nitrogens is 1. The Morgan fingerprint density at radius 1 is 1.36 bits per heavy atom. The number of para-hydroxylation sites is 1. The topological polar surface area (TPSA) is 91.4 Å². The molecule has 1 unspecified atom stereocenters. The zero-order valence-electron chi connectivity index (χ0n) is 12.5. The molecule has 6 nitrogen and oxygen atoms in total. The average molecular weight is 304 g/mol. The van der Waals surface area contributed by atoms with E-state index < -0.39 is 12.0 Å². The monoisotopic (exact) mass is 304 g/mol. The number of carboxylic acid groups (broad SMARTS) is 1. The van der Waals surface area contributed by atoms with E-state index in [1.54, 1.807) is 13.3 Å². The second kappa shape index (κ2) is 7.61. The highest BCUT2D eigenvalue weighted by Crippen LogP contribution is 2.19. The number of fused-ring (bicyclic) bond motifs is 1. The highest BCUT2D eigenvalue weighted by atomic mass is 16.5. The number of nitrogens with one attached hydrogen (secondary N) is 2. The summed E-state index contributed by atoms with van der Waals surface area (Å²) in [4.78, 5) is 26.3. The fourth-order valence-corrected chi connectivity index (χ4v) is 2.36. The minimum atomic E-state index is -1.04. The van der Waals surface area contributed by atoms with E-state index in [2.05, 4.69) is 10.3 Å². The Kier molecular flexibility index (Phi) is 5.55. The molecule has 22 heavy (non-hydrogen) atoms. The van der Waals surface area contributed by atoms with Crippen LogP contribution in [0, 0.1) is 0 Å². The van der Waals surface area contributed by atoms with Crippen molar-refractivity contribution in [1.29, 1.82) is 0 Å². The molecule has 0 saturated carbocycles. The lowest BCUT2D eigenvalue weighted by atomic mass is 10.0. The molecule has 1 heterocycles. The van der Waals surface area contributed by atoms with Gasteiger partial charge >= 0.3 is 5.97 Å². The van der Waals surface area contributed by atoms with Gasteiger partial charge in [0.05, 0.1) is 0 Å². The van der Waals surface area contributed by atoms with Gasteiger partial charge in [0.2, 0.25) is 5.91 Å². The van der Waals surface area contributed by atoms with E-state index in [9.17, 15) is 14.7 Å². The van der Waals surface area contributed by atoms with Gasteiger partial charge in [-0.2, -0.15) is 0 Å². The number of aromatic amines is 1. The van der Waals surface area contributed by atoms with Gasteiger partial charge < -0.3 is 20.1 Å². The van der Waals surface area contributed by atoms with Crippen molar-refractivity contribution < 1.29 is 19.4 Å². The molecule has 6 heteroatoms. The predicted octanol–water partition coefficient (Wildman–Crippen LogP) is 1.71. The molecule has 0 fully saturated rings. The first-order chi connectivity index (χ1) is 10.6. The van der Waals surface area contributed by atoms with Gasteiger partial charge in [-0.15, -0.1) is 0 Å². The van der Waals surface area contributed by atoms with E-state index in [4.69, 9.17) is 4.74 Å². The summed E-state index contributed by atoms with van der Waals surface area (Å²) in [6.45, 7) is 0.480. The molecule has 1 aromatic heterocycles. The molecule has 1 aromatic carbocycles. The van der Waals surface area contributed by atoms with Gasteiger partial charge in [-0.05, 0) is 18.1 Å². The van der Waals surface area contributed by atoms with E-state index in [1.165, 1.54) is 0 Å². The Balaban J connectivity index is 2.03. The Morgan fingerprint density at radius 3 is 2.86 bits per heavy atom. The maximum Gasteiger partial charge on any atom is 0.326 e. The molecule has 0 aliphatic carbocycles. The number of H-pyrrole nitrogens is 1. The molecule has 118 valence electrons. The number of carbonyl (C=O) groups is 2. The zero-order chi connectivity index (χ0) is 15.9. The molecule has 0 saturated heterocycles. The van der Waals surface area contributed by atoms with Crippen LogP contribution in [0.3, 0.4) is 0 Å². The van der Waals surface area contributed by atoms with Gasteiger partial charge in [-0.3, -0.25) is 4.79 Å². The van der Waals surface area contributed by atoms with Gasteiger partial charge in [0.25, 0.3) is 0 Å². The van der Waals surface area contributed by atoms with Crippen molar-refractivity contribution in [3.8, 4) is 0 Å². The molecule has 1 amide bonds. The van der Waals surface area contributed by atoms with Crippen LogP contribution in [-0.2, 0) is 20.7 Å². The fraction of sp³-hybridized carbons (Fsp3) is 0.375. The van der Waals surface area contributed by atoms with E-state index >= 15 is 0 Å². The normalized spacial score (nSPS) is 12.2. The van der Waals surface area contributed by atoms with Gasteiger partial charge in [0.15, 0.2) is 0 Å². The van der Waals surface area contributed by atoms with Crippen LogP contribution in [0.4, 0.5) is 0 Å². The number of benzene rings is 1. The lowest BCUT2D eigenvalue weighted by molar-refractivity contribution is -0.141. The molecule has 0 spiro atoms. The highest BCUT2D eigenvalue weighted by Gasteiger charge is 2.21. The van der Waals surface area contributed by atoms with Crippen molar-refractivity contribution in [2.75, 3.05) is 13.7 Å². The van der Waals surface area contributed by atoms with Crippen molar-refractivity contribution in [2.45, 2.75) is 25.3 Å². The van der Waals surface area contributed by atoms with E-state index in [-0.39, 0.29) is 18.7 Å². The molecule has 2 aromatic rings. The van der Waals surface area contributed by atoms with Gasteiger partial charge in [-0.25, -0.2) is 4.79 Å². The van der Waals surface area contributed by atoms with Crippen molar-refractivity contribution >= 4 is 22.8 Å². The molecule has 0 aliphatic rings. The molecule has 0 bridgehead atoms. The van der Waals surface area contributed by atoms with Crippen LogP contribution in [0.2, 0.25) is 0 Å². The molecular formula is C16H20N2O4. The van der Waals surface area contributed by atoms with Crippen LogP contribution < -0.4 is 5.32 Å². The summed E-state index contributed by atoms with van der Waals surface area (Å²) in [6.07, 6.45) is 2.86. The number of hydrogen-bond acceptors (Lipinski definition) is 3. The third kappa shape index (κ3) is 4.08. The van der Waals surface area contributed by atoms with Crippen molar-refractivity contribution in [3.05, 3.63) is 36.0 Å². The smallest absolute Gasteiger partial charge is 0.326 e. The van der Waals surface area contributed by atoms with Gasteiger partial charge in [-0.1, -0.05) is 18.2 Å². The molecule has 2 rings (SSSR count). The molecule has 1 atom stereocenters. The van der Waals surface area contributed by atoms with Crippen LogP contribution in [-0.4, -0.2) is 41.7 Å². The van der Waals surface area contributed by atoms with Crippen molar-refractivity contribution in [1.82, 2.24) is 10.3 Å². The van der Waals surface area contributed by atoms with Crippen LogP contribution >= 0.6 is 0 Å². The summed E-state index contributed by atoms with van der Waals surface area (Å²) in [5.41, 5.74) is 1.83. The first kappa shape index (κ1) is 16.0. The minimum Gasteiger partial charge on any atom is -0.480 e. The van der Waals surface area contributed by atoms with Gasteiger partial charge in [0, 0.05) is 43.7 Å². The lowest BCUT2D eigenvalue weighted by Crippen LogP contribution is -2.42.